The summed E-state index contributed by atoms with van der Waals surface area (Å²) in [6.45, 7) is 3.68. The minimum absolute atomic E-state index is 0.0153. The third-order valence-corrected chi connectivity index (χ3v) is 6.55. The molecule has 0 amide bonds. The van der Waals surface area contributed by atoms with E-state index in [-0.39, 0.29) is 18.2 Å². The molecule has 2 aromatic heterocycles. The van der Waals surface area contributed by atoms with E-state index < -0.39 is 17.5 Å². The van der Waals surface area contributed by atoms with Crippen LogP contribution >= 0.6 is 11.6 Å². The van der Waals surface area contributed by atoms with Gasteiger partial charge >= 0.3 is 0 Å². The molecule has 5 rings (SSSR count). The highest BCUT2D eigenvalue weighted by atomic mass is 35.5. The molecule has 1 aliphatic heterocycles. The Hall–Kier alpha value is -3.56. The molecule has 1 aliphatic rings. The summed E-state index contributed by atoms with van der Waals surface area (Å²) in [7, 11) is 0. The summed E-state index contributed by atoms with van der Waals surface area (Å²) in [5.41, 5.74) is 2.46. The fraction of sp³-hybridized carbons (Fsp3) is 0.231. The van der Waals surface area contributed by atoms with E-state index in [9.17, 15) is 18.3 Å². The molecule has 0 aliphatic carbocycles. The molecule has 186 valence electrons. The molecule has 1 saturated heterocycles. The number of hydrogen-bond acceptors (Lipinski definition) is 5. The van der Waals surface area contributed by atoms with Crippen molar-refractivity contribution in [1.82, 2.24) is 15.0 Å². The van der Waals surface area contributed by atoms with E-state index in [0.717, 1.165) is 17.7 Å². The number of halogens is 4. The first-order valence-electron chi connectivity index (χ1n) is 11.4. The number of piperazine rings is 1. The van der Waals surface area contributed by atoms with Gasteiger partial charge in [0.05, 0.1) is 23.0 Å². The first kappa shape index (κ1) is 24.1. The maximum atomic E-state index is 14.1. The zero-order valence-electron chi connectivity index (χ0n) is 19.3. The predicted molar refractivity (Wildman–Crippen MR) is 134 cm³/mol. The van der Waals surface area contributed by atoms with Crippen molar-refractivity contribution in [2.45, 2.75) is 19.6 Å². The number of aromatic amines is 1. The van der Waals surface area contributed by atoms with Crippen LogP contribution in [0.4, 0.5) is 24.9 Å². The van der Waals surface area contributed by atoms with Crippen molar-refractivity contribution in [1.29, 1.82) is 0 Å². The van der Waals surface area contributed by atoms with Gasteiger partial charge in [0.15, 0.2) is 17.5 Å². The molecule has 1 fully saturated rings. The standard InChI is InChI=1S/C26H23ClF3N5O/c1-15-13-34(25-19(27)9-16(14-36)12-31-25)7-8-35(15)26-32-23(17-5-3-2-4-6-17)24(33-26)18-10-20(28)22(30)21(29)11-18/h2-6,9-12,15,36H,7-8,13-14H2,1H3,(H,32,33)/t15-/m1/s1. The Morgan fingerprint density at radius 2 is 1.78 bits per heavy atom. The van der Waals surface area contributed by atoms with Gasteiger partial charge in [0.1, 0.15) is 5.82 Å². The van der Waals surface area contributed by atoms with Gasteiger partial charge in [-0.15, -0.1) is 0 Å². The number of aliphatic hydroxyl groups is 1. The second-order valence-corrected chi connectivity index (χ2v) is 9.11. The average molecular weight is 514 g/mol. The molecule has 2 N–H and O–H groups in total. The quantitative estimate of drug-likeness (QED) is 0.349. The van der Waals surface area contributed by atoms with Crippen molar-refractivity contribution in [3.8, 4) is 22.5 Å². The molecule has 3 heterocycles. The molecule has 10 heteroatoms. The van der Waals surface area contributed by atoms with Crippen LogP contribution in [0.3, 0.4) is 0 Å². The maximum absolute atomic E-state index is 14.1. The number of hydrogen-bond donors (Lipinski definition) is 2. The summed E-state index contributed by atoms with van der Waals surface area (Å²) in [6.07, 6.45) is 1.60. The normalized spacial score (nSPS) is 16.0. The van der Waals surface area contributed by atoms with E-state index in [1.54, 1.807) is 12.3 Å². The van der Waals surface area contributed by atoms with Gasteiger partial charge in [0.25, 0.3) is 0 Å². The molecule has 0 unspecified atom stereocenters. The zero-order valence-corrected chi connectivity index (χ0v) is 20.1. The summed E-state index contributed by atoms with van der Waals surface area (Å²) < 4.78 is 41.8. The monoisotopic (exact) mass is 513 g/mol. The van der Waals surface area contributed by atoms with Gasteiger partial charge in [-0.25, -0.2) is 23.1 Å². The minimum atomic E-state index is -1.51. The van der Waals surface area contributed by atoms with E-state index in [0.29, 0.717) is 53.4 Å². The minimum Gasteiger partial charge on any atom is -0.392 e. The van der Waals surface area contributed by atoms with E-state index in [2.05, 4.69) is 19.8 Å². The number of pyridine rings is 1. The number of benzene rings is 2. The molecule has 36 heavy (non-hydrogen) atoms. The lowest BCUT2D eigenvalue weighted by atomic mass is 10.0. The Morgan fingerprint density at radius 1 is 1.06 bits per heavy atom. The van der Waals surface area contributed by atoms with E-state index in [1.807, 2.05) is 37.3 Å². The molecule has 1 atom stereocenters. The molecule has 2 aromatic carbocycles. The SMILES string of the molecule is C[C@@H]1CN(c2ncc(CO)cc2Cl)CCN1c1nc(-c2ccccc2)c(-c2cc(F)c(F)c(F)c2)[nH]1. The Labute approximate surface area is 211 Å². The number of aromatic nitrogens is 3. The van der Waals surface area contributed by atoms with Gasteiger partial charge in [-0.3, -0.25) is 0 Å². The van der Waals surface area contributed by atoms with Crippen LogP contribution in [0.2, 0.25) is 5.02 Å². The van der Waals surface area contributed by atoms with Crippen molar-refractivity contribution >= 4 is 23.4 Å². The number of H-pyrrole nitrogens is 1. The smallest absolute Gasteiger partial charge is 0.204 e. The molecular formula is C26H23ClF3N5O. The molecule has 0 bridgehead atoms. The number of rotatable bonds is 5. The third kappa shape index (κ3) is 4.52. The maximum Gasteiger partial charge on any atom is 0.204 e. The summed E-state index contributed by atoms with van der Waals surface area (Å²) >= 11 is 6.40. The second-order valence-electron chi connectivity index (χ2n) is 8.70. The number of nitrogens with zero attached hydrogens (tertiary/aromatic N) is 4. The van der Waals surface area contributed by atoms with Crippen LogP contribution in [-0.4, -0.2) is 45.7 Å². The number of nitrogens with one attached hydrogen (secondary N) is 1. The largest absolute Gasteiger partial charge is 0.392 e. The topological polar surface area (TPSA) is 68.3 Å². The van der Waals surface area contributed by atoms with E-state index in [1.165, 1.54) is 0 Å². The summed E-state index contributed by atoms with van der Waals surface area (Å²) in [4.78, 5) is 16.6. The number of imidazole rings is 1. The van der Waals surface area contributed by atoms with Crippen LogP contribution in [0.15, 0.2) is 54.7 Å². The van der Waals surface area contributed by atoms with Gasteiger partial charge in [0, 0.05) is 43.0 Å². The molecule has 4 aromatic rings. The van der Waals surface area contributed by atoms with Crippen LogP contribution in [0.1, 0.15) is 12.5 Å². The molecule has 0 saturated carbocycles. The predicted octanol–water partition coefficient (Wildman–Crippen LogP) is 5.42. The van der Waals surface area contributed by atoms with Crippen LogP contribution in [0, 0.1) is 17.5 Å². The Balaban J connectivity index is 1.48. The van der Waals surface area contributed by atoms with E-state index >= 15 is 0 Å². The van der Waals surface area contributed by atoms with Crippen LogP contribution in [-0.2, 0) is 6.61 Å². The second kappa shape index (κ2) is 9.83. The van der Waals surface area contributed by atoms with Crippen molar-refractivity contribution in [3.63, 3.8) is 0 Å². The van der Waals surface area contributed by atoms with Crippen molar-refractivity contribution in [2.75, 3.05) is 29.4 Å². The van der Waals surface area contributed by atoms with Gasteiger partial charge in [-0.05, 0) is 30.7 Å². The molecule has 0 spiro atoms. The zero-order chi connectivity index (χ0) is 25.4. The summed E-state index contributed by atoms with van der Waals surface area (Å²) in [6, 6.07) is 12.9. The Kier molecular flexibility index (Phi) is 6.59. The van der Waals surface area contributed by atoms with E-state index in [4.69, 9.17) is 16.6 Å². The van der Waals surface area contributed by atoms with Gasteiger partial charge in [0.2, 0.25) is 5.95 Å². The van der Waals surface area contributed by atoms with Crippen molar-refractivity contribution in [2.24, 2.45) is 0 Å². The van der Waals surface area contributed by atoms with Crippen molar-refractivity contribution in [3.05, 3.63) is 82.8 Å². The average Bonchev–Trinajstić information content (AvgIpc) is 3.32. The first-order valence-corrected chi connectivity index (χ1v) is 11.8. The lowest BCUT2D eigenvalue weighted by molar-refractivity contribution is 0.281. The fourth-order valence-corrected chi connectivity index (χ4v) is 4.77. The number of aliphatic hydroxyl groups excluding tert-OH is 1. The molecule has 0 radical (unpaired) electrons. The lowest BCUT2D eigenvalue weighted by Gasteiger charge is -2.40. The Morgan fingerprint density at radius 3 is 2.42 bits per heavy atom. The molecular weight excluding hydrogens is 491 g/mol. The van der Waals surface area contributed by atoms with Gasteiger partial charge in [-0.1, -0.05) is 41.9 Å². The highest BCUT2D eigenvalue weighted by Gasteiger charge is 2.29. The summed E-state index contributed by atoms with van der Waals surface area (Å²) in [5, 5.41) is 9.78. The lowest BCUT2D eigenvalue weighted by Crippen LogP contribution is -2.52. The van der Waals surface area contributed by atoms with Gasteiger partial charge in [-0.2, -0.15) is 0 Å². The van der Waals surface area contributed by atoms with Crippen LogP contribution in [0.5, 0.6) is 0 Å². The number of anilines is 2. The summed E-state index contributed by atoms with van der Waals surface area (Å²) in [5.74, 6) is -2.86. The highest BCUT2D eigenvalue weighted by molar-refractivity contribution is 6.33. The first-order chi connectivity index (χ1) is 17.4. The van der Waals surface area contributed by atoms with Crippen LogP contribution < -0.4 is 9.80 Å². The Bertz CT molecular complexity index is 1370. The van der Waals surface area contributed by atoms with Crippen molar-refractivity contribution < 1.29 is 18.3 Å². The van der Waals surface area contributed by atoms with Gasteiger partial charge < -0.3 is 19.9 Å². The third-order valence-electron chi connectivity index (χ3n) is 6.27. The van der Waals surface area contributed by atoms with Crippen LogP contribution in [0.25, 0.3) is 22.5 Å². The highest BCUT2D eigenvalue weighted by Crippen LogP contribution is 2.35. The fourth-order valence-electron chi connectivity index (χ4n) is 4.46. The molecule has 6 nitrogen and oxygen atoms in total.